The quantitative estimate of drug-likeness (QED) is 0.817. The number of amides is 1. The monoisotopic (exact) mass is 261 g/mol. The van der Waals surface area contributed by atoms with Crippen LogP contribution < -0.4 is 5.32 Å². The van der Waals surface area contributed by atoms with Gasteiger partial charge in [0, 0.05) is 12.1 Å². The Morgan fingerprint density at radius 2 is 1.72 bits per heavy atom. The first-order valence-corrected chi connectivity index (χ1v) is 4.98. The van der Waals surface area contributed by atoms with Crippen LogP contribution in [-0.4, -0.2) is 29.7 Å². The van der Waals surface area contributed by atoms with E-state index in [1.807, 2.05) is 0 Å². The zero-order chi connectivity index (χ0) is 13.8. The number of hydrogen-bond donors (Lipinski definition) is 2. The molecule has 0 unspecified atom stereocenters. The molecule has 1 aromatic rings. The topological polar surface area (TPSA) is 66.4 Å². The third-order valence-electron chi connectivity index (χ3n) is 2.16. The molecule has 1 amide bonds. The summed E-state index contributed by atoms with van der Waals surface area (Å²) in [6.45, 7) is 0.155. The first-order chi connectivity index (χ1) is 8.30. The molecule has 0 aromatic heterocycles. The van der Waals surface area contributed by atoms with Crippen molar-refractivity contribution in [3.63, 3.8) is 0 Å². The smallest absolute Gasteiger partial charge is 0.454 e. The fraction of sp³-hybridized carbons (Fsp3) is 0.273. The molecule has 7 heteroatoms. The van der Waals surface area contributed by atoms with Gasteiger partial charge in [0.2, 0.25) is 0 Å². The highest BCUT2D eigenvalue weighted by Crippen LogP contribution is 2.21. The largest absolute Gasteiger partial charge is 0.465 e. The van der Waals surface area contributed by atoms with Crippen LogP contribution in [0.15, 0.2) is 24.3 Å². The van der Waals surface area contributed by atoms with E-state index in [4.69, 9.17) is 5.11 Å². The van der Waals surface area contributed by atoms with E-state index in [0.717, 1.165) is 12.1 Å². The fourth-order valence-electron chi connectivity index (χ4n) is 1.30. The minimum Gasteiger partial charge on any atom is -0.465 e. The lowest BCUT2D eigenvalue weighted by atomic mass is 10.1. The van der Waals surface area contributed by atoms with Gasteiger partial charge in [-0.2, -0.15) is 13.2 Å². The van der Waals surface area contributed by atoms with E-state index in [2.05, 4.69) is 5.32 Å². The average molecular weight is 261 g/mol. The van der Waals surface area contributed by atoms with E-state index >= 15 is 0 Å². The molecule has 18 heavy (non-hydrogen) atoms. The Kier molecular flexibility index (Phi) is 4.30. The molecule has 0 saturated heterocycles. The van der Waals surface area contributed by atoms with Crippen molar-refractivity contribution in [2.24, 2.45) is 0 Å². The lowest BCUT2D eigenvalue weighted by molar-refractivity contribution is -0.0885. The second kappa shape index (κ2) is 5.52. The minimum absolute atomic E-state index is 0.155. The van der Waals surface area contributed by atoms with E-state index in [0.29, 0.717) is 12.0 Å². The van der Waals surface area contributed by atoms with Crippen LogP contribution in [0.3, 0.4) is 0 Å². The van der Waals surface area contributed by atoms with E-state index in [1.165, 1.54) is 12.1 Å². The molecule has 0 aliphatic heterocycles. The Bertz CT molecular complexity index is 440. The predicted molar refractivity (Wildman–Crippen MR) is 56.6 cm³/mol. The molecule has 0 bridgehead atoms. The Balaban J connectivity index is 2.63. The van der Waals surface area contributed by atoms with Gasteiger partial charge in [-0.3, -0.25) is 4.79 Å². The molecule has 0 radical (unpaired) electrons. The maximum absolute atomic E-state index is 12.1. The highest BCUT2D eigenvalue weighted by atomic mass is 19.4. The molecule has 2 N–H and O–H groups in total. The van der Waals surface area contributed by atoms with Gasteiger partial charge in [-0.1, -0.05) is 24.3 Å². The van der Waals surface area contributed by atoms with Crippen LogP contribution in [0.5, 0.6) is 0 Å². The van der Waals surface area contributed by atoms with Gasteiger partial charge in [0.25, 0.3) is 5.78 Å². The molecule has 1 rings (SSSR count). The Morgan fingerprint density at radius 3 is 2.17 bits per heavy atom. The van der Waals surface area contributed by atoms with Gasteiger partial charge >= 0.3 is 12.3 Å². The lowest BCUT2D eigenvalue weighted by Gasteiger charge is -2.06. The second-order valence-corrected chi connectivity index (χ2v) is 3.51. The van der Waals surface area contributed by atoms with Gasteiger partial charge in [-0.15, -0.1) is 0 Å². The van der Waals surface area contributed by atoms with Gasteiger partial charge in [0.15, 0.2) is 0 Å². The highest BCUT2D eigenvalue weighted by molar-refractivity contribution is 6.00. The molecular weight excluding hydrogens is 251 g/mol. The summed E-state index contributed by atoms with van der Waals surface area (Å²) in [5.41, 5.74) is 0.208. The summed E-state index contributed by atoms with van der Waals surface area (Å²) >= 11 is 0. The van der Waals surface area contributed by atoms with Crippen molar-refractivity contribution in [2.45, 2.75) is 12.6 Å². The van der Waals surface area contributed by atoms with Crippen LogP contribution in [0.4, 0.5) is 18.0 Å². The van der Waals surface area contributed by atoms with Crippen LogP contribution in [0, 0.1) is 0 Å². The van der Waals surface area contributed by atoms with Gasteiger partial charge in [0.1, 0.15) is 0 Å². The van der Waals surface area contributed by atoms with E-state index in [-0.39, 0.29) is 6.54 Å². The van der Waals surface area contributed by atoms with Gasteiger partial charge in [-0.25, -0.2) is 4.79 Å². The third-order valence-corrected chi connectivity index (χ3v) is 2.16. The summed E-state index contributed by atoms with van der Waals surface area (Å²) in [5, 5.41) is 10.4. The van der Waals surface area contributed by atoms with E-state index in [1.54, 1.807) is 0 Å². The summed E-state index contributed by atoms with van der Waals surface area (Å²) in [6.07, 6.45) is -5.71. The zero-order valence-electron chi connectivity index (χ0n) is 9.12. The van der Waals surface area contributed by atoms with Gasteiger partial charge in [-0.05, 0) is 12.0 Å². The molecule has 0 aliphatic carbocycles. The molecule has 0 fully saturated rings. The Morgan fingerprint density at radius 1 is 1.17 bits per heavy atom. The van der Waals surface area contributed by atoms with Crippen molar-refractivity contribution in [1.82, 2.24) is 5.32 Å². The number of ketones is 1. The number of hydrogen-bond acceptors (Lipinski definition) is 2. The zero-order valence-corrected chi connectivity index (χ0v) is 9.12. The van der Waals surface area contributed by atoms with Crippen LogP contribution in [0.1, 0.15) is 15.9 Å². The molecule has 0 atom stereocenters. The second-order valence-electron chi connectivity index (χ2n) is 3.51. The summed E-state index contributed by atoms with van der Waals surface area (Å²) in [5.74, 6) is -1.89. The fourth-order valence-corrected chi connectivity index (χ4v) is 1.30. The summed E-state index contributed by atoms with van der Waals surface area (Å²) in [6, 6.07) is 4.88. The van der Waals surface area contributed by atoms with E-state index in [9.17, 15) is 22.8 Å². The average Bonchev–Trinajstić information content (AvgIpc) is 2.27. The highest BCUT2D eigenvalue weighted by Gasteiger charge is 2.39. The minimum atomic E-state index is -4.88. The van der Waals surface area contributed by atoms with Crippen molar-refractivity contribution in [1.29, 1.82) is 0 Å². The molecule has 0 spiro atoms. The number of alkyl halides is 3. The summed E-state index contributed by atoms with van der Waals surface area (Å²) in [7, 11) is 0. The number of carbonyl (C=O) groups is 2. The standard InChI is InChI=1S/C11H10F3NO3/c12-11(13,14)9(16)8-3-1-7(2-4-8)5-6-15-10(17)18/h1-4,15H,5-6H2,(H,17,18). The van der Waals surface area contributed by atoms with Crippen molar-refractivity contribution < 1.29 is 27.9 Å². The number of Topliss-reactive ketones (excluding diaryl/α,β-unsaturated/α-hetero) is 1. The first kappa shape index (κ1) is 14.0. The SMILES string of the molecule is O=C(O)NCCc1ccc(C(=O)C(F)(F)F)cc1. The first-order valence-electron chi connectivity index (χ1n) is 4.98. The van der Waals surface area contributed by atoms with Gasteiger partial charge in [0.05, 0.1) is 0 Å². The van der Waals surface area contributed by atoms with Gasteiger partial charge < -0.3 is 10.4 Å². The van der Waals surface area contributed by atoms with Crippen LogP contribution in [-0.2, 0) is 6.42 Å². The number of rotatable bonds is 4. The normalized spacial score (nSPS) is 11.1. The lowest BCUT2D eigenvalue weighted by Crippen LogP contribution is -2.23. The maximum atomic E-state index is 12.1. The molecule has 0 heterocycles. The maximum Gasteiger partial charge on any atom is 0.454 e. The molecule has 98 valence electrons. The Labute approximate surface area is 100 Å². The summed E-state index contributed by atoms with van der Waals surface area (Å²) < 4.78 is 36.3. The van der Waals surface area contributed by atoms with Crippen molar-refractivity contribution in [3.05, 3.63) is 35.4 Å². The number of halogens is 3. The molecule has 4 nitrogen and oxygen atoms in total. The number of nitrogens with one attached hydrogen (secondary N) is 1. The molecular formula is C11H10F3NO3. The number of carboxylic acid groups (broad SMARTS) is 1. The van der Waals surface area contributed by atoms with Crippen LogP contribution >= 0.6 is 0 Å². The molecule has 0 saturated carbocycles. The number of benzene rings is 1. The van der Waals surface area contributed by atoms with Crippen molar-refractivity contribution >= 4 is 11.9 Å². The third kappa shape index (κ3) is 4.08. The van der Waals surface area contributed by atoms with Crippen molar-refractivity contribution in [3.8, 4) is 0 Å². The summed E-state index contributed by atoms with van der Waals surface area (Å²) in [4.78, 5) is 21.0. The molecule has 0 aliphatic rings. The Hall–Kier alpha value is -2.05. The predicted octanol–water partition coefficient (Wildman–Crippen LogP) is 2.24. The van der Waals surface area contributed by atoms with Crippen LogP contribution in [0.2, 0.25) is 0 Å². The van der Waals surface area contributed by atoms with Crippen LogP contribution in [0.25, 0.3) is 0 Å². The van der Waals surface area contributed by atoms with E-state index < -0.39 is 23.6 Å². The van der Waals surface area contributed by atoms with Crippen molar-refractivity contribution in [2.75, 3.05) is 6.54 Å². The molecule has 1 aromatic carbocycles. The number of carbonyl (C=O) groups excluding carboxylic acids is 1.